The Morgan fingerprint density at radius 3 is 2.73 bits per heavy atom. The average Bonchev–Trinajstić information content (AvgIpc) is 2.17. The number of amides is 1. The average molecular weight is 220 g/mol. The number of rotatable bonds is 2. The summed E-state index contributed by atoms with van der Waals surface area (Å²) in [5, 5.41) is 0. The fraction of sp³-hybridized carbons (Fsp3) is 0.182. The van der Waals surface area contributed by atoms with Crippen molar-refractivity contribution in [3.63, 3.8) is 0 Å². The molecule has 1 aromatic rings. The van der Waals surface area contributed by atoms with Gasteiger partial charge in [0.25, 0.3) is 5.91 Å². The molecule has 0 aromatic heterocycles. The lowest BCUT2D eigenvalue weighted by atomic mass is 10.1. The van der Waals surface area contributed by atoms with E-state index < -0.39 is 0 Å². The molecule has 1 heterocycles. The SMILES string of the molecule is CS1=NC(Cc2ccccc2)=CC(=O)N1. The topological polar surface area (TPSA) is 41.5 Å². The molecule has 3 nitrogen and oxygen atoms in total. The van der Waals surface area contributed by atoms with Crippen LogP contribution < -0.4 is 4.72 Å². The van der Waals surface area contributed by atoms with Crippen molar-refractivity contribution in [2.45, 2.75) is 6.42 Å². The molecule has 0 saturated carbocycles. The van der Waals surface area contributed by atoms with E-state index >= 15 is 0 Å². The van der Waals surface area contributed by atoms with Gasteiger partial charge in [-0.15, -0.1) is 0 Å². The van der Waals surface area contributed by atoms with Gasteiger partial charge in [0, 0.05) is 18.8 Å². The van der Waals surface area contributed by atoms with Crippen LogP contribution in [0, 0.1) is 0 Å². The van der Waals surface area contributed by atoms with Crippen LogP contribution in [0.4, 0.5) is 0 Å². The Morgan fingerprint density at radius 2 is 2.07 bits per heavy atom. The van der Waals surface area contributed by atoms with E-state index in [9.17, 15) is 4.79 Å². The number of hydrogen-bond donors (Lipinski definition) is 1. The van der Waals surface area contributed by atoms with E-state index in [2.05, 4.69) is 9.08 Å². The normalized spacial score (nSPS) is 20.2. The first kappa shape index (κ1) is 10.1. The summed E-state index contributed by atoms with van der Waals surface area (Å²) >= 11 is 0. The lowest BCUT2D eigenvalue weighted by molar-refractivity contribution is -0.114. The van der Waals surface area contributed by atoms with Gasteiger partial charge >= 0.3 is 0 Å². The molecule has 4 heteroatoms. The smallest absolute Gasteiger partial charge is 0.256 e. The molecule has 0 spiro atoms. The second-order valence-corrected chi connectivity index (χ2v) is 4.68. The van der Waals surface area contributed by atoms with Crippen molar-refractivity contribution in [1.29, 1.82) is 0 Å². The quantitative estimate of drug-likeness (QED) is 0.808. The molecule has 1 aromatic carbocycles. The number of carbonyl (C=O) groups excluding carboxylic acids is 1. The largest absolute Gasteiger partial charge is 0.288 e. The summed E-state index contributed by atoms with van der Waals surface area (Å²) in [5.41, 5.74) is 2.04. The zero-order valence-corrected chi connectivity index (χ0v) is 9.25. The summed E-state index contributed by atoms with van der Waals surface area (Å²) in [5.74, 6) is -0.0400. The van der Waals surface area contributed by atoms with Crippen LogP contribution >= 0.6 is 0 Å². The zero-order chi connectivity index (χ0) is 10.7. The van der Waals surface area contributed by atoms with Crippen LogP contribution in [-0.2, 0) is 22.1 Å². The third-order valence-electron chi connectivity index (χ3n) is 2.03. The Labute approximate surface area is 91.4 Å². The van der Waals surface area contributed by atoms with E-state index in [0.717, 1.165) is 12.1 Å². The summed E-state index contributed by atoms with van der Waals surface area (Å²) in [6, 6.07) is 10.0. The first-order valence-electron chi connectivity index (χ1n) is 4.67. The van der Waals surface area contributed by atoms with E-state index in [1.165, 1.54) is 5.56 Å². The number of nitrogens with zero attached hydrogens (tertiary/aromatic N) is 1. The van der Waals surface area contributed by atoms with Gasteiger partial charge < -0.3 is 0 Å². The molecule has 0 radical (unpaired) electrons. The first-order valence-corrected chi connectivity index (χ1v) is 6.26. The maximum absolute atomic E-state index is 11.2. The molecule has 0 fully saturated rings. The first-order chi connectivity index (χ1) is 7.24. The molecule has 1 N–H and O–H groups in total. The molecule has 1 aliphatic heterocycles. The van der Waals surface area contributed by atoms with Crippen LogP contribution in [0.5, 0.6) is 0 Å². The van der Waals surface area contributed by atoms with Crippen molar-refractivity contribution in [2.75, 3.05) is 6.26 Å². The van der Waals surface area contributed by atoms with E-state index in [1.807, 2.05) is 36.6 Å². The number of hydrogen-bond acceptors (Lipinski definition) is 2. The highest BCUT2D eigenvalue weighted by Crippen LogP contribution is 2.11. The van der Waals surface area contributed by atoms with Gasteiger partial charge in [-0.1, -0.05) is 30.3 Å². The van der Waals surface area contributed by atoms with Gasteiger partial charge in [0.2, 0.25) is 0 Å². The van der Waals surface area contributed by atoms with Crippen LogP contribution in [0.25, 0.3) is 0 Å². The van der Waals surface area contributed by atoms with Gasteiger partial charge in [0.15, 0.2) is 0 Å². The third-order valence-corrected chi connectivity index (χ3v) is 3.03. The zero-order valence-electron chi connectivity index (χ0n) is 8.43. The Bertz CT molecular complexity index is 437. The molecular weight excluding hydrogens is 208 g/mol. The summed E-state index contributed by atoms with van der Waals surface area (Å²) < 4.78 is 7.13. The predicted molar refractivity (Wildman–Crippen MR) is 62.1 cm³/mol. The number of nitrogens with one attached hydrogen (secondary N) is 1. The van der Waals surface area contributed by atoms with Gasteiger partial charge in [0.1, 0.15) is 0 Å². The van der Waals surface area contributed by atoms with Gasteiger partial charge in [-0.3, -0.25) is 9.52 Å². The van der Waals surface area contributed by atoms with Gasteiger partial charge in [-0.2, -0.15) is 0 Å². The molecule has 1 unspecified atom stereocenters. The van der Waals surface area contributed by atoms with Gasteiger partial charge in [0.05, 0.1) is 5.70 Å². The molecule has 1 aliphatic rings. The lowest BCUT2D eigenvalue weighted by Gasteiger charge is -2.11. The van der Waals surface area contributed by atoms with E-state index in [-0.39, 0.29) is 16.8 Å². The highest BCUT2D eigenvalue weighted by molar-refractivity contribution is 7.85. The molecule has 0 saturated heterocycles. The second-order valence-electron chi connectivity index (χ2n) is 3.33. The monoisotopic (exact) mass is 220 g/mol. The minimum absolute atomic E-state index is 0.0400. The minimum atomic E-state index is -0.367. The van der Waals surface area contributed by atoms with E-state index in [1.54, 1.807) is 6.08 Å². The van der Waals surface area contributed by atoms with E-state index in [4.69, 9.17) is 0 Å². The molecule has 78 valence electrons. The molecule has 2 rings (SSSR count). The Kier molecular flexibility index (Phi) is 2.97. The van der Waals surface area contributed by atoms with Crippen molar-refractivity contribution >= 4 is 16.8 Å². The Morgan fingerprint density at radius 1 is 1.33 bits per heavy atom. The molecule has 1 amide bonds. The molecule has 1 atom stereocenters. The molecular formula is C11H12N2OS. The summed E-state index contributed by atoms with van der Waals surface area (Å²) in [6.07, 6.45) is 4.20. The Balaban J connectivity index is 2.16. The van der Waals surface area contributed by atoms with Crippen molar-refractivity contribution < 1.29 is 4.79 Å². The van der Waals surface area contributed by atoms with Crippen LogP contribution in [0.15, 0.2) is 46.5 Å². The maximum atomic E-state index is 11.2. The minimum Gasteiger partial charge on any atom is -0.288 e. The molecule has 0 bridgehead atoms. The fourth-order valence-electron chi connectivity index (χ4n) is 1.44. The summed E-state index contributed by atoms with van der Waals surface area (Å²) in [6.45, 7) is 0. The standard InChI is InChI=1S/C11H12N2OS/c1-15-12-10(8-11(14)13-15)7-9-5-3-2-4-6-9/h2-6,8H,7H2,1H3,(H,12,13,14). The lowest BCUT2D eigenvalue weighted by Crippen LogP contribution is -2.26. The van der Waals surface area contributed by atoms with E-state index in [0.29, 0.717) is 0 Å². The second kappa shape index (κ2) is 4.40. The number of allylic oxidation sites excluding steroid dienone is 1. The van der Waals surface area contributed by atoms with Gasteiger partial charge in [-0.25, -0.2) is 4.36 Å². The highest BCUT2D eigenvalue weighted by Gasteiger charge is 2.08. The van der Waals surface area contributed by atoms with Crippen molar-refractivity contribution in [3.05, 3.63) is 47.7 Å². The number of carbonyl (C=O) groups is 1. The number of benzene rings is 1. The van der Waals surface area contributed by atoms with Crippen LogP contribution in [0.3, 0.4) is 0 Å². The van der Waals surface area contributed by atoms with Crippen LogP contribution in [0.1, 0.15) is 5.56 Å². The summed E-state index contributed by atoms with van der Waals surface area (Å²) in [4.78, 5) is 11.2. The maximum Gasteiger partial charge on any atom is 0.256 e. The highest BCUT2D eigenvalue weighted by atomic mass is 32.2. The van der Waals surface area contributed by atoms with Gasteiger partial charge in [-0.05, 0) is 16.4 Å². The van der Waals surface area contributed by atoms with Crippen molar-refractivity contribution in [1.82, 2.24) is 4.72 Å². The predicted octanol–water partition coefficient (Wildman–Crippen LogP) is 1.59. The fourth-order valence-corrected chi connectivity index (χ4v) is 2.30. The Hall–Kier alpha value is -1.42. The molecule has 15 heavy (non-hydrogen) atoms. The van der Waals surface area contributed by atoms with Crippen LogP contribution in [-0.4, -0.2) is 12.2 Å². The van der Waals surface area contributed by atoms with Crippen LogP contribution in [0.2, 0.25) is 0 Å². The third kappa shape index (κ3) is 2.76. The summed E-state index contributed by atoms with van der Waals surface area (Å²) in [7, 11) is -0.367. The van der Waals surface area contributed by atoms with Crippen molar-refractivity contribution in [3.8, 4) is 0 Å². The van der Waals surface area contributed by atoms with Crippen molar-refractivity contribution in [2.24, 2.45) is 4.36 Å². The molecule has 0 aliphatic carbocycles.